The number of cyclic esters (lactones) is 1. The monoisotopic (exact) mass is 997 g/mol. The van der Waals surface area contributed by atoms with Crippen LogP contribution in [0.4, 0.5) is 27.5 Å². The van der Waals surface area contributed by atoms with E-state index in [1.807, 2.05) is 77.7 Å². The summed E-state index contributed by atoms with van der Waals surface area (Å²) in [6, 6.07) is 39.4. The molecule has 10 rings (SSSR count). The Morgan fingerprint density at radius 1 is 0.797 bits per heavy atom. The van der Waals surface area contributed by atoms with Crippen molar-refractivity contribution < 1.29 is 53.3 Å². The zero-order valence-electron chi connectivity index (χ0n) is 40.0. The van der Waals surface area contributed by atoms with Crippen LogP contribution in [-0.2, 0) is 40.6 Å². The molecule has 0 aliphatic carbocycles. The van der Waals surface area contributed by atoms with Crippen LogP contribution in [0.15, 0.2) is 152 Å². The first-order valence-electron chi connectivity index (χ1n) is 24.3. The van der Waals surface area contributed by atoms with E-state index in [0.29, 0.717) is 65.6 Å². The normalized spacial score (nSPS) is 22.0. The minimum atomic E-state index is -2.15. The molecule has 0 radical (unpaired) electrons. The molecule has 0 saturated carbocycles. The molecule has 0 aromatic heterocycles. The van der Waals surface area contributed by atoms with Crippen molar-refractivity contribution in [3.05, 3.63) is 195 Å². The largest absolute Gasteiger partial charge is 0.491 e. The third-order valence-corrected chi connectivity index (χ3v) is 14.0. The van der Waals surface area contributed by atoms with E-state index in [4.69, 9.17) is 18.9 Å². The topological polar surface area (TPSA) is 211 Å². The fourth-order valence-corrected chi connectivity index (χ4v) is 10.8. The molecule has 0 bridgehead atoms. The summed E-state index contributed by atoms with van der Waals surface area (Å²) in [6.07, 6.45) is -1.95. The zero-order chi connectivity index (χ0) is 51.3. The van der Waals surface area contributed by atoms with Gasteiger partial charge in [0.1, 0.15) is 36.5 Å². The van der Waals surface area contributed by atoms with E-state index in [1.54, 1.807) is 54.6 Å². The summed E-state index contributed by atoms with van der Waals surface area (Å²) in [7, 11) is 0. The molecule has 6 unspecified atom stereocenters. The van der Waals surface area contributed by atoms with Gasteiger partial charge in [-0.1, -0.05) is 84.6 Å². The molecule has 4 heterocycles. The zero-order valence-corrected chi connectivity index (χ0v) is 40.0. The number of morpholine rings is 2. The van der Waals surface area contributed by atoms with Crippen molar-refractivity contribution in [1.82, 2.24) is 4.90 Å². The number of nitro groups is 1. The van der Waals surface area contributed by atoms with Gasteiger partial charge in [0.15, 0.2) is 0 Å². The first-order valence-corrected chi connectivity index (χ1v) is 24.3. The van der Waals surface area contributed by atoms with Gasteiger partial charge in [-0.05, 0) is 94.5 Å². The number of imide groups is 1. The fourth-order valence-electron chi connectivity index (χ4n) is 10.8. The Morgan fingerprint density at radius 3 is 2.15 bits per heavy atom. The number of aliphatic hydroxyl groups is 2. The van der Waals surface area contributed by atoms with Gasteiger partial charge >= 0.3 is 12.1 Å². The van der Waals surface area contributed by atoms with Gasteiger partial charge in [0, 0.05) is 48.6 Å². The highest BCUT2D eigenvalue weighted by atomic mass is 16.6. The van der Waals surface area contributed by atoms with Crippen LogP contribution in [0.3, 0.4) is 0 Å². The third-order valence-electron chi connectivity index (χ3n) is 14.0. The third kappa shape index (κ3) is 9.20. The second kappa shape index (κ2) is 21.4. The van der Waals surface area contributed by atoms with Crippen LogP contribution in [0.2, 0.25) is 0 Å². The molecule has 3 N–H and O–H groups in total. The average Bonchev–Trinajstić information content (AvgIpc) is 4.04. The molecule has 4 aliphatic heterocycles. The molecule has 74 heavy (non-hydrogen) atoms. The molecular weight excluding hydrogens is 947 g/mol. The molecular formula is C57H51N5O12. The number of amides is 3. The van der Waals surface area contributed by atoms with Gasteiger partial charge in [-0.25, -0.2) is 9.69 Å². The molecule has 6 atom stereocenters. The number of fused-ring (bicyclic) bond motifs is 3. The van der Waals surface area contributed by atoms with E-state index in [0.717, 1.165) is 10.6 Å². The Balaban J connectivity index is 1.20. The van der Waals surface area contributed by atoms with Crippen molar-refractivity contribution in [1.29, 1.82) is 0 Å². The fraction of sp³-hybridized carbons (Fsp3) is 0.263. The summed E-state index contributed by atoms with van der Waals surface area (Å²) < 4.78 is 23.8. The van der Waals surface area contributed by atoms with Crippen LogP contribution in [0, 0.1) is 27.9 Å². The summed E-state index contributed by atoms with van der Waals surface area (Å²) in [5.74, 6) is 2.41. The molecule has 17 nitrogen and oxygen atoms in total. The van der Waals surface area contributed by atoms with Crippen LogP contribution in [0.1, 0.15) is 58.0 Å². The number of rotatable bonds is 13. The molecule has 4 aliphatic rings. The summed E-state index contributed by atoms with van der Waals surface area (Å²) >= 11 is 0. The number of carbonyl (C=O) groups is 4. The van der Waals surface area contributed by atoms with E-state index in [-0.39, 0.29) is 49.8 Å². The van der Waals surface area contributed by atoms with E-state index in [1.165, 1.54) is 24.3 Å². The van der Waals surface area contributed by atoms with Crippen molar-refractivity contribution >= 4 is 46.6 Å². The van der Waals surface area contributed by atoms with Gasteiger partial charge in [-0.3, -0.25) is 29.4 Å². The lowest BCUT2D eigenvalue weighted by Gasteiger charge is -2.46. The number of anilines is 3. The first-order chi connectivity index (χ1) is 36.1. The van der Waals surface area contributed by atoms with Gasteiger partial charge in [0.25, 0.3) is 5.69 Å². The second-order valence-corrected chi connectivity index (χ2v) is 18.2. The molecule has 376 valence electrons. The lowest BCUT2D eigenvalue weighted by atomic mass is 9.65. The highest BCUT2D eigenvalue weighted by Crippen LogP contribution is 2.66. The quantitative estimate of drug-likeness (QED) is 0.0453. The van der Waals surface area contributed by atoms with Gasteiger partial charge in [0.2, 0.25) is 11.8 Å². The molecule has 3 amide bonds. The average molecular weight is 998 g/mol. The number of nitrogens with zero attached hydrogens (tertiary/aromatic N) is 4. The maximum atomic E-state index is 16.6. The molecule has 6 aromatic carbocycles. The summed E-state index contributed by atoms with van der Waals surface area (Å²) in [5.41, 5.74) is 1.86. The SMILES string of the molecule is O=C1OC(c2ccccc2)C(c2ccccc2)N2C1C(C(=O)Nc1ccc(N3CCOCC3)cc1)C1(C(=O)N(C(=O)OCc3ccc([N+](=O)[O-])cc3)c3ccc(C#CCCO)cc31)C2c1ccc(OCCO)cc1. The van der Waals surface area contributed by atoms with E-state index >= 15 is 14.4 Å². The summed E-state index contributed by atoms with van der Waals surface area (Å²) in [4.78, 5) is 78.9. The minimum absolute atomic E-state index is 0.000160. The van der Waals surface area contributed by atoms with Crippen LogP contribution in [-0.4, -0.2) is 96.1 Å². The summed E-state index contributed by atoms with van der Waals surface area (Å²) in [5, 5.41) is 33.9. The Kier molecular flexibility index (Phi) is 14.2. The molecule has 3 fully saturated rings. The Hall–Kier alpha value is -8.40. The maximum absolute atomic E-state index is 16.6. The number of hydrogen-bond acceptors (Lipinski definition) is 14. The smallest absolute Gasteiger partial charge is 0.421 e. The van der Waals surface area contributed by atoms with Crippen LogP contribution in [0.5, 0.6) is 5.75 Å². The predicted octanol–water partition coefficient (Wildman–Crippen LogP) is 7.18. The van der Waals surface area contributed by atoms with Crippen molar-refractivity contribution in [2.45, 2.75) is 42.7 Å². The number of aliphatic hydroxyl groups excluding tert-OH is 2. The number of non-ortho nitro benzene ring substituents is 1. The van der Waals surface area contributed by atoms with Gasteiger partial charge < -0.3 is 39.4 Å². The predicted molar refractivity (Wildman–Crippen MR) is 271 cm³/mol. The standard InChI is InChI=1S/C57H51N5O12/c63-30-8-7-9-37-16-27-47-46(35-37)57(55(67)60(47)56(68)73-36-38-14-21-44(22-15-38)62(69)70)48(53(65)58-42-19-23-43(24-20-42)59-28-32-71-33-29-59)50-54(66)74-51(40-12-5-2-6-13-40)49(39-10-3-1-4-11-39)61(50)52(57)41-17-25-45(26-18-41)72-34-31-64/h1-6,10-27,35,48-52,63-64H,8,28-34,36H2,(H,58,65). The number of nitrogens with one attached hydrogen (secondary N) is 1. The Labute approximate surface area is 426 Å². The number of esters is 1. The lowest BCUT2D eigenvalue weighted by molar-refractivity contribution is -0.384. The number of carbonyl (C=O) groups excluding carboxylic acids is 4. The van der Waals surface area contributed by atoms with Gasteiger partial charge in [-0.2, -0.15) is 0 Å². The number of benzene rings is 6. The summed E-state index contributed by atoms with van der Waals surface area (Å²) in [6.45, 7) is 1.65. The van der Waals surface area contributed by atoms with E-state index in [9.17, 15) is 25.1 Å². The Bertz CT molecular complexity index is 3110. The molecule has 3 saturated heterocycles. The van der Waals surface area contributed by atoms with Gasteiger partial charge in [-0.15, -0.1) is 0 Å². The molecule has 6 aromatic rings. The van der Waals surface area contributed by atoms with Crippen molar-refractivity contribution in [2.24, 2.45) is 5.92 Å². The van der Waals surface area contributed by atoms with Gasteiger partial charge in [0.05, 0.1) is 55.0 Å². The Morgan fingerprint density at radius 2 is 1.49 bits per heavy atom. The lowest BCUT2D eigenvalue weighted by Crippen LogP contribution is -2.54. The van der Waals surface area contributed by atoms with E-state index in [2.05, 4.69) is 22.1 Å². The number of ether oxygens (including phenoxy) is 4. The molecule has 17 heteroatoms. The molecule has 1 spiro atoms. The first kappa shape index (κ1) is 49.2. The second-order valence-electron chi connectivity index (χ2n) is 18.2. The van der Waals surface area contributed by atoms with Crippen LogP contribution in [0.25, 0.3) is 0 Å². The van der Waals surface area contributed by atoms with Crippen LogP contribution < -0.4 is 19.9 Å². The minimum Gasteiger partial charge on any atom is -0.491 e. The highest BCUT2D eigenvalue weighted by molar-refractivity contribution is 6.24. The van der Waals surface area contributed by atoms with Crippen molar-refractivity contribution in [3.63, 3.8) is 0 Å². The van der Waals surface area contributed by atoms with E-state index < -0.39 is 64.4 Å². The highest BCUT2D eigenvalue weighted by Gasteiger charge is 2.76. The van der Waals surface area contributed by atoms with Crippen molar-refractivity contribution in [3.8, 4) is 17.6 Å². The number of nitro benzene ring substituents is 1. The van der Waals surface area contributed by atoms with Crippen LogP contribution >= 0.6 is 0 Å². The van der Waals surface area contributed by atoms with Crippen molar-refractivity contribution in [2.75, 3.05) is 61.2 Å². The maximum Gasteiger partial charge on any atom is 0.421 e. The number of hydrogen-bond donors (Lipinski definition) is 3.